The Morgan fingerprint density at radius 1 is 1.04 bits per heavy atom. The van der Waals surface area contributed by atoms with Gasteiger partial charge in [-0.05, 0) is 91.9 Å². The molecule has 400 valence electrons. The molecule has 0 unspecified atom stereocenters. The minimum absolute atomic E-state index is 0.0588. The number of hydrogen-bond donors (Lipinski definition) is 2. The molecule has 1 aromatic heterocycles. The summed E-state index contributed by atoms with van der Waals surface area (Å²) >= 11 is 7.04. The maximum atomic E-state index is 14.8. The van der Waals surface area contributed by atoms with Crippen LogP contribution in [0.3, 0.4) is 0 Å². The van der Waals surface area contributed by atoms with Crippen molar-refractivity contribution >= 4 is 50.9 Å². The molecule has 19 heteroatoms. The van der Waals surface area contributed by atoms with Crippen LogP contribution < -0.4 is 29.0 Å². The fourth-order valence-electron chi connectivity index (χ4n) is 9.21. The molecule has 74 heavy (non-hydrogen) atoms. The monoisotopic (exact) mass is 1070 g/mol. The molecular weight excluding hydrogens is 1000 g/mol. The van der Waals surface area contributed by atoms with E-state index in [9.17, 15) is 14.7 Å². The fraction of sp³-hybridized carbons (Fsp3) is 0.545. The number of carbonyl (C=O) groups excluding carboxylic acids is 2. The molecule has 2 aliphatic carbocycles. The number of pyridine rings is 1. The standard InChI is InChI=1S/C55H71ClN2O14Si2/c1-15-25-65-41-26-34-27-42(68-33(5)6)49(64-12)48(63-11)36(34)29-37(41)52(60)58-39-30-47(59)66-31-46(67-32-62-10)54(61)24-23-35-28-43(69-40-20-19-38(39)57-51(40)56)50(72-73(13,14)53(7,8)9)55(35)45(70-55)22-21-44(54)71-74(16-2,17-3)18-4/h15,19-20,26-29,33,39,43-46,50,61H,1,16-18,25,30-32H2,2-14H3,(H,58,60)/t39-,43+,44-,45+,46-,50+,54+,55-/m1/s1. The molecule has 0 radical (unpaired) electrons. The van der Waals surface area contributed by atoms with Gasteiger partial charge in [0.2, 0.25) is 5.75 Å². The van der Waals surface area contributed by atoms with Crippen LogP contribution in [-0.2, 0) is 32.6 Å². The maximum absolute atomic E-state index is 14.8. The molecule has 2 N–H and O–H groups in total. The van der Waals surface area contributed by atoms with Crippen LogP contribution in [0.4, 0.5) is 0 Å². The number of nitrogens with zero attached hydrogens (tertiary/aromatic N) is 1. The smallest absolute Gasteiger partial charge is 0.308 e. The van der Waals surface area contributed by atoms with Crippen molar-refractivity contribution in [2.45, 2.75) is 152 Å². The second kappa shape index (κ2) is 22.6. The molecule has 5 bridgehead atoms. The van der Waals surface area contributed by atoms with E-state index in [1.165, 1.54) is 21.3 Å². The van der Waals surface area contributed by atoms with Gasteiger partial charge in [0, 0.05) is 18.1 Å². The van der Waals surface area contributed by atoms with Crippen molar-refractivity contribution in [2.24, 2.45) is 0 Å². The lowest BCUT2D eigenvalue weighted by atomic mass is 9.90. The van der Waals surface area contributed by atoms with Gasteiger partial charge in [0.15, 0.2) is 62.4 Å². The van der Waals surface area contributed by atoms with E-state index >= 15 is 0 Å². The second-order valence-corrected chi connectivity index (χ2v) is 30.5. The molecule has 0 saturated carbocycles. The Morgan fingerprint density at radius 2 is 1.74 bits per heavy atom. The van der Waals surface area contributed by atoms with Crippen molar-refractivity contribution in [3.8, 4) is 52.4 Å². The van der Waals surface area contributed by atoms with Gasteiger partial charge in [0.25, 0.3) is 5.91 Å². The van der Waals surface area contributed by atoms with Gasteiger partial charge in [-0.25, -0.2) is 4.98 Å². The molecule has 3 aromatic rings. The van der Waals surface area contributed by atoms with Gasteiger partial charge < -0.3 is 61.9 Å². The van der Waals surface area contributed by atoms with Crippen LogP contribution in [0.25, 0.3) is 10.8 Å². The van der Waals surface area contributed by atoms with E-state index in [-0.39, 0.29) is 52.5 Å². The number of nitrogens with one attached hydrogen (secondary N) is 1. The Bertz CT molecular complexity index is 2760. The quantitative estimate of drug-likeness (QED) is 0.0220. The van der Waals surface area contributed by atoms with Crippen molar-refractivity contribution in [3.05, 3.63) is 71.0 Å². The highest BCUT2D eigenvalue weighted by atomic mass is 35.5. The van der Waals surface area contributed by atoms with E-state index in [1.54, 1.807) is 36.4 Å². The normalized spacial score (nSPS) is 25.4. The molecular formula is C55H71ClN2O14Si2. The van der Waals surface area contributed by atoms with Crippen LogP contribution >= 0.6 is 11.6 Å². The number of ether oxygens (including phenoxy) is 9. The minimum Gasteiger partial charge on any atom is -0.492 e. The number of methoxy groups -OCH3 is 3. The van der Waals surface area contributed by atoms with Crippen LogP contribution in [0.2, 0.25) is 41.4 Å². The maximum Gasteiger partial charge on any atom is 0.308 e. The van der Waals surface area contributed by atoms with Crippen LogP contribution in [0.5, 0.6) is 28.7 Å². The summed E-state index contributed by atoms with van der Waals surface area (Å²) in [6.45, 7) is 23.8. The molecule has 8 rings (SSSR count). The average Bonchev–Trinajstić information content (AvgIpc) is 4.01. The minimum atomic E-state index is -2.59. The van der Waals surface area contributed by atoms with Crippen LogP contribution in [0, 0.1) is 23.7 Å². The van der Waals surface area contributed by atoms with Crippen LogP contribution in [-0.4, -0.2) is 128 Å². The van der Waals surface area contributed by atoms with E-state index in [2.05, 4.69) is 90.2 Å². The third-order valence-electron chi connectivity index (χ3n) is 14.7. The van der Waals surface area contributed by atoms with Crippen molar-refractivity contribution < 1.29 is 66.2 Å². The highest BCUT2D eigenvalue weighted by Crippen LogP contribution is 2.55. The second-order valence-electron chi connectivity index (χ2n) is 20.6. The number of aliphatic hydroxyl groups is 1. The lowest BCUT2D eigenvalue weighted by molar-refractivity contribution is -0.181. The predicted octanol–water partition coefficient (Wildman–Crippen LogP) is 9.02. The van der Waals surface area contributed by atoms with Gasteiger partial charge >= 0.3 is 5.97 Å². The largest absolute Gasteiger partial charge is 0.492 e. The molecule has 2 aromatic carbocycles. The molecule has 16 nitrogen and oxygen atoms in total. The summed E-state index contributed by atoms with van der Waals surface area (Å²) in [4.78, 5) is 33.9. The lowest BCUT2D eigenvalue weighted by Gasteiger charge is -2.40. The highest BCUT2D eigenvalue weighted by Gasteiger charge is 2.71. The van der Waals surface area contributed by atoms with Gasteiger partial charge in [-0.3, -0.25) is 9.59 Å². The third-order valence-corrected chi connectivity index (χ3v) is 24.0. The summed E-state index contributed by atoms with van der Waals surface area (Å²) in [6.07, 6.45) is -2.19. The van der Waals surface area contributed by atoms with Crippen LogP contribution in [0.15, 0.2) is 54.6 Å². The number of epoxide rings is 1. The van der Waals surface area contributed by atoms with E-state index in [1.807, 2.05) is 19.9 Å². The van der Waals surface area contributed by atoms with Crippen molar-refractivity contribution in [3.63, 3.8) is 0 Å². The number of hydrogen-bond acceptors (Lipinski definition) is 15. The number of aromatic nitrogens is 1. The Morgan fingerprint density at radius 3 is 2.36 bits per heavy atom. The Kier molecular flexibility index (Phi) is 17.3. The zero-order valence-corrected chi connectivity index (χ0v) is 47.6. The van der Waals surface area contributed by atoms with Gasteiger partial charge in [-0.2, -0.15) is 0 Å². The van der Waals surface area contributed by atoms with E-state index in [0.717, 1.165) is 18.1 Å². The zero-order valence-electron chi connectivity index (χ0n) is 44.8. The molecule has 1 fully saturated rings. The zero-order chi connectivity index (χ0) is 54.0. The van der Waals surface area contributed by atoms with E-state index in [4.69, 9.17) is 68.1 Å². The average molecular weight is 1080 g/mol. The first-order chi connectivity index (χ1) is 35.1. The topological polar surface area (TPSA) is 184 Å². The summed E-state index contributed by atoms with van der Waals surface area (Å²) < 4.78 is 69.1. The summed E-state index contributed by atoms with van der Waals surface area (Å²) in [7, 11) is -0.707. The molecule has 8 atom stereocenters. The Hall–Kier alpha value is -5.13. The summed E-state index contributed by atoms with van der Waals surface area (Å²) in [5, 5.41) is 17.1. The summed E-state index contributed by atoms with van der Waals surface area (Å²) in [6, 6.07) is 9.37. The fourth-order valence-corrected chi connectivity index (χ4v) is 13.4. The first kappa shape index (κ1) is 56.6. The molecule has 5 aliphatic rings. The van der Waals surface area contributed by atoms with Crippen molar-refractivity contribution in [1.82, 2.24) is 10.3 Å². The SMILES string of the molecule is C=CCOc1cc2cc(OC(C)C)c(OC)c(OC)c2cc1C(=O)N[C@@H]1CC(=O)OC[C@@H](OCOC)[C@]2(O)C#CC3=C[C@H](Oc4ccc1nc4Cl)[C@H](O[Si](C)(C)C(C)(C)C)[C@@]31O[C@H]1C#C[C@H]2O[Si](CC)(CC)CC. The molecule has 1 saturated heterocycles. The number of fused-ring (bicyclic) bond motifs is 8. The predicted molar refractivity (Wildman–Crippen MR) is 285 cm³/mol. The third kappa shape index (κ3) is 11.2. The van der Waals surface area contributed by atoms with Gasteiger partial charge in [0.1, 0.15) is 44.1 Å². The van der Waals surface area contributed by atoms with Crippen molar-refractivity contribution in [2.75, 3.05) is 41.3 Å². The first-order valence-corrected chi connectivity index (χ1v) is 30.9. The first-order valence-electron chi connectivity index (χ1n) is 25.1. The lowest BCUT2D eigenvalue weighted by Crippen LogP contribution is -2.58. The highest BCUT2D eigenvalue weighted by molar-refractivity contribution is 6.74. The number of rotatable bonds is 19. The van der Waals surface area contributed by atoms with Gasteiger partial charge in [-0.1, -0.05) is 89.5 Å². The summed E-state index contributed by atoms with van der Waals surface area (Å²) in [5.74, 6) is 13.0. The number of amides is 1. The number of benzene rings is 2. The van der Waals surface area contributed by atoms with Gasteiger partial charge in [0.05, 0.1) is 44.0 Å². The van der Waals surface area contributed by atoms with E-state index in [0.29, 0.717) is 33.6 Å². The van der Waals surface area contributed by atoms with Gasteiger partial charge in [-0.15, -0.1) is 0 Å². The number of carbonyl (C=O) groups is 2. The molecule has 3 aliphatic heterocycles. The van der Waals surface area contributed by atoms with Crippen molar-refractivity contribution in [1.29, 1.82) is 0 Å². The molecule has 1 spiro atoms. The molecule has 4 heterocycles. The molecule has 1 amide bonds. The number of esters is 1. The van der Waals surface area contributed by atoms with E-state index < -0.39 is 89.3 Å². The Balaban J connectivity index is 1.37. The number of halogens is 1. The van der Waals surface area contributed by atoms with Crippen LogP contribution in [0.1, 0.15) is 83.9 Å². The Labute approximate surface area is 442 Å². The summed E-state index contributed by atoms with van der Waals surface area (Å²) in [5.41, 5.74) is -2.62.